The van der Waals surface area contributed by atoms with Gasteiger partial charge in [0.05, 0.1) is 21.2 Å². The Bertz CT molecular complexity index is 851. The van der Waals surface area contributed by atoms with Crippen LogP contribution in [0.1, 0.15) is 19.3 Å². The van der Waals surface area contributed by atoms with Crippen molar-refractivity contribution in [2.24, 2.45) is 0 Å². The highest BCUT2D eigenvalue weighted by Gasteiger charge is 2.45. The molecule has 2 saturated heterocycles. The Balaban J connectivity index is 1.81. The van der Waals surface area contributed by atoms with Gasteiger partial charge in [0.25, 0.3) is 0 Å². The molecule has 0 saturated carbocycles. The minimum absolute atomic E-state index is 0.0639. The fourth-order valence-electron chi connectivity index (χ4n) is 3.66. The molecule has 8 nitrogen and oxygen atoms in total. The first-order valence-electron chi connectivity index (χ1n) is 9.07. The van der Waals surface area contributed by atoms with E-state index >= 15 is 0 Å². The maximum atomic E-state index is 13.2. The molecule has 0 radical (unpaired) electrons. The molecular weight excluding hydrogens is 406 g/mol. The number of halogens is 1. The van der Waals surface area contributed by atoms with Crippen LogP contribution in [-0.4, -0.2) is 63.2 Å². The molecule has 152 valence electrons. The zero-order valence-corrected chi connectivity index (χ0v) is 16.8. The van der Waals surface area contributed by atoms with Crippen molar-refractivity contribution in [3.63, 3.8) is 0 Å². The number of sulfone groups is 1. The molecular formula is C18H22ClN3O5S. The number of hydrogen-bond donors (Lipinski definition) is 1. The number of carbonyl (C=O) groups is 1. The first-order valence-corrected chi connectivity index (χ1v) is 11.0. The predicted molar refractivity (Wildman–Crippen MR) is 101 cm³/mol. The number of alkyl carbamates (subject to hydrolysis) is 1. The second kappa shape index (κ2) is 9.09. The lowest BCUT2D eigenvalue weighted by Crippen LogP contribution is -2.45. The molecule has 2 atom stereocenters. The van der Waals surface area contributed by atoms with E-state index in [2.05, 4.69) is 5.32 Å². The number of hydrogen-bond acceptors (Lipinski definition) is 7. The lowest BCUT2D eigenvalue weighted by Gasteiger charge is -2.34. The van der Waals surface area contributed by atoms with Crippen molar-refractivity contribution in [2.75, 3.05) is 26.3 Å². The van der Waals surface area contributed by atoms with Crippen molar-refractivity contribution >= 4 is 27.5 Å². The highest BCUT2D eigenvalue weighted by Crippen LogP contribution is 2.34. The first kappa shape index (κ1) is 20.9. The van der Waals surface area contributed by atoms with Gasteiger partial charge in [-0.15, -0.1) is 0 Å². The molecule has 2 aliphatic rings. The first-order chi connectivity index (χ1) is 13.4. The van der Waals surface area contributed by atoms with Gasteiger partial charge in [-0.1, -0.05) is 23.7 Å². The number of ether oxygens (including phenoxy) is 2. The highest BCUT2D eigenvalue weighted by atomic mass is 35.5. The van der Waals surface area contributed by atoms with Gasteiger partial charge in [-0.3, -0.25) is 4.90 Å². The molecule has 0 aliphatic carbocycles. The van der Waals surface area contributed by atoms with Gasteiger partial charge in [0.1, 0.15) is 6.54 Å². The third kappa shape index (κ3) is 4.58. The van der Waals surface area contributed by atoms with Crippen molar-refractivity contribution in [3.05, 3.63) is 29.3 Å². The van der Waals surface area contributed by atoms with E-state index in [0.717, 1.165) is 12.8 Å². The van der Waals surface area contributed by atoms with Gasteiger partial charge in [-0.25, -0.2) is 13.2 Å². The van der Waals surface area contributed by atoms with E-state index in [1.54, 1.807) is 24.3 Å². The number of nitrogens with one attached hydrogen (secondary N) is 1. The summed E-state index contributed by atoms with van der Waals surface area (Å²) >= 11 is 6.11. The number of benzene rings is 1. The van der Waals surface area contributed by atoms with Crippen molar-refractivity contribution in [2.45, 2.75) is 41.7 Å². The van der Waals surface area contributed by atoms with Gasteiger partial charge in [-0.05, 0) is 25.0 Å². The molecule has 0 spiro atoms. The van der Waals surface area contributed by atoms with Gasteiger partial charge >= 0.3 is 6.09 Å². The number of likely N-dealkylation sites (tertiary alicyclic amines) is 1. The van der Waals surface area contributed by atoms with Gasteiger partial charge in [0.15, 0.2) is 16.1 Å². The molecule has 1 aromatic rings. The third-order valence-corrected chi connectivity index (χ3v) is 7.68. The number of carbonyl (C=O) groups excluding carboxylic acids is 1. The number of nitriles is 1. The molecule has 0 unspecified atom stereocenters. The van der Waals surface area contributed by atoms with Crippen molar-refractivity contribution in [3.8, 4) is 6.07 Å². The van der Waals surface area contributed by atoms with E-state index in [-0.39, 0.29) is 35.5 Å². The van der Waals surface area contributed by atoms with E-state index in [0.29, 0.717) is 13.2 Å². The lowest BCUT2D eigenvalue weighted by atomic mass is 10.1. The van der Waals surface area contributed by atoms with Gasteiger partial charge in [-0.2, -0.15) is 5.26 Å². The molecule has 1 N–H and O–H groups in total. The summed E-state index contributed by atoms with van der Waals surface area (Å²) in [5.41, 5.74) is 0. The zero-order chi connectivity index (χ0) is 20.1. The number of rotatable bonds is 5. The van der Waals surface area contributed by atoms with Crippen LogP contribution < -0.4 is 5.32 Å². The molecule has 2 heterocycles. The van der Waals surface area contributed by atoms with Gasteiger partial charge in [0.2, 0.25) is 0 Å². The second-order valence-electron chi connectivity index (χ2n) is 6.75. The quantitative estimate of drug-likeness (QED) is 0.715. The van der Waals surface area contributed by atoms with Gasteiger partial charge in [0, 0.05) is 32.2 Å². The highest BCUT2D eigenvalue weighted by molar-refractivity contribution is 7.92. The zero-order valence-electron chi connectivity index (χ0n) is 15.2. The van der Waals surface area contributed by atoms with Crippen LogP contribution >= 0.6 is 11.6 Å². The van der Waals surface area contributed by atoms with Crippen LogP contribution in [0.4, 0.5) is 4.79 Å². The molecule has 2 fully saturated rings. The van der Waals surface area contributed by atoms with E-state index in [1.165, 1.54) is 6.07 Å². The van der Waals surface area contributed by atoms with Crippen LogP contribution in [0, 0.1) is 11.3 Å². The van der Waals surface area contributed by atoms with Crippen LogP contribution in [0.2, 0.25) is 5.02 Å². The SMILES string of the molecule is N#CCNC(=O)O[C@H]1C[C@@H](S(=O)(=O)c2ccccc2Cl)CN1C1CCOCC1. The van der Waals surface area contributed by atoms with Crippen LogP contribution in [0.15, 0.2) is 29.2 Å². The standard InChI is InChI=1S/C18H22ClN3O5S/c19-15-3-1-2-4-16(15)28(24,25)14-11-17(27-18(23)21-8-7-20)22(12-14)13-5-9-26-10-6-13/h1-4,13-14,17H,5-6,8-12H2,(H,21,23)/t14-,17+/m1/s1. The van der Waals surface area contributed by atoms with Crippen LogP contribution in [0.25, 0.3) is 0 Å². The van der Waals surface area contributed by atoms with E-state index < -0.39 is 27.4 Å². The fraction of sp³-hybridized carbons (Fsp3) is 0.556. The summed E-state index contributed by atoms with van der Waals surface area (Å²) in [7, 11) is -3.70. The van der Waals surface area contributed by atoms with Crippen molar-refractivity contribution in [1.82, 2.24) is 10.2 Å². The summed E-state index contributed by atoms with van der Waals surface area (Å²) in [5, 5.41) is 10.4. The molecule has 28 heavy (non-hydrogen) atoms. The third-order valence-electron chi connectivity index (χ3n) is 5.05. The van der Waals surface area contributed by atoms with Gasteiger partial charge < -0.3 is 14.8 Å². The maximum Gasteiger partial charge on any atom is 0.409 e. The topological polar surface area (TPSA) is 109 Å². The Labute approximate surface area is 169 Å². The summed E-state index contributed by atoms with van der Waals surface area (Å²) in [6.45, 7) is 1.23. The fourth-order valence-corrected chi connectivity index (χ4v) is 5.87. The van der Waals surface area contributed by atoms with Crippen molar-refractivity contribution < 1.29 is 22.7 Å². The Morgan fingerprint density at radius 1 is 1.36 bits per heavy atom. The van der Waals surface area contributed by atoms with Crippen molar-refractivity contribution in [1.29, 1.82) is 5.26 Å². The number of amides is 1. The Hall–Kier alpha value is -1.86. The molecule has 0 bridgehead atoms. The summed E-state index contributed by atoms with van der Waals surface area (Å²) in [6, 6.07) is 8.21. The Morgan fingerprint density at radius 2 is 2.07 bits per heavy atom. The van der Waals surface area contributed by atoms with E-state index in [1.807, 2.05) is 4.90 Å². The largest absolute Gasteiger partial charge is 0.430 e. The smallest absolute Gasteiger partial charge is 0.409 e. The molecule has 1 aromatic carbocycles. The van der Waals surface area contributed by atoms with Crippen LogP contribution in [0.3, 0.4) is 0 Å². The minimum atomic E-state index is -3.70. The maximum absolute atomic E-state index is 13.2. The summed E-state index contributed by atoms with van der Waals surface area (Å²) < 4.78 is 37.2. The molecule has 2 aliphatic heterocycles. The molecule has 1 amide bonds. The summed E-state index contributed by atoms with van der Waals surface area (Å²) in [4.78, 5) is 14.0. The van der Waals surface area contributed by atoms with E-state index in [4.69, 9.17) is 26.3 Å². The van der Waals surface area contributed by atoms with Crippen LogP contribution in [-0.2, 0) is 19.3 Å². The number of nitrogens with zero attached hydrogens (tertiary/aromatic N) is 2. The Morgan fingerprint density at radius 3 is 2.75 bits per heavy atom. The summed E-state index contributed by atoms with van der Waals surface area (Å²) in [5.74, 6) is 0. The molecule has 10 heteroatoms. The average molecular weight is 428 g/mol. The monoisotopic (exact) mass is 427 g/mol. The minimum Gasteiger partial charge on any atom is -0.430 e. The average Bonchev–Trinajstić information content (AvgIpc) is 3.12. The van der Waals surface area contributed by atoms with Crippen LogP contribution in [0.5, 0.6) is 0 Å². The molecule has 0 aromatic heterocycles. The van der Waals surface area contributed by atoms with E-state index in [9.17, 15) is 13.2 Å². The normalized spacial score (nSPS) is 23.9. The lowest BCUT2D eigenvalue weighted by molar-refractivity contribution is -0.0404. The predicted octanol–water partition coefficient (Wildman–Crippen LogP) is 1.94. The Kier molecular flexibility index (Phi) is 6.78. The summed E-state index contributed by atoms with van der Waals surface area (Å²) in [6.07, 6.45) is 0.186. The molecule has 3 rings (SSSR count). The second-order valence-corrected chi connectivity index (χ2v) is 9.35.